The van der Waals surface area contributed by atoms with Crippen LogP contribution in [0.3, 0.4) is 0 Å². The lowest BCUT2D eigenvalue weighted by Gasteiger charge is -2.29. The van der Waals surface area contributed by atoms with E-state index in [1.54, 1.807) is 20.8 Å². The average Bonchev–Trinajstić information content (AvgIpc) is 2.21. The zero-order chi connectivity index (χ0) is 15.9. The van der Waals surface area contributed by atoms with Crippen LogP contribution in [0.1, 0.15) is 41.0 Å². The maximum absolute atomic E-state index is 12.0. The van der Waals surface area contributed by atoms with Crippen LogP contribution in [0.4, 0.5) is 4.79 Å². The second-order valence-electron chi connectivity index (χ2n) is 5.62. The van der Waals surface area contributed by atoms with E-state index in [0.29, 0.717) is 6.54 Å². The zero-order valence-electron chi connectivity index (χ0n) is 12.8. The average molecular weight is 287 g/mol. The molecule has 7 nitrogen and oxygen atoms in total. The molecule has 0 heterocycles. The molecule has 0 aromatic carbocycles. The van der Waals surface area contributed by atoms with Crippen molar-refractivity contribution in [2.75, 3.05) is 13.1 Å². The van der Waals surface area contributed by atoms with Crippen LogP contribution in [0, 0.1) is 0 Å². The minimum Gasteiger partial charge on any atom is -0.481 e. The molecule has 116 valence electrons. The van der Waals surface area contributed by atoms with Gasteiger partial charge in [0.05, 0.1) is 6.42 Å². The highest BCUT2D eigenvalue weighted by Crippen LogP contribution is 2.09. The number of nitrogens with zero attached hydrogens (tertiary/aromatic N) is 1. The van der Waals surface area contributed by atoms with Gasteiger partial charge in [-0.05, 0) is 34.6 Å². The maximum atomic E-state index is 12.0. The Morgan fingerprint density at radius 1 is 1.25 bits per heavy atom. The molecule has 0 aliphatic carbocycles. The first-order valence-corrected chi connectivity index (χ1v) is 6.65. The number of nitrogens with one attached hydrogen (secondary N) is 2. The first kappa shape index (κ1) is 18.2. The van der Waals surface area contributed by atoms with Gasteiger partial charge in [0.25, 0.3) is 0 Å². The Kier molecular flexibility index (Phi) is 7.02. The topological polar surface area (TPSA) is 98.7 Å². The third kappa shape index (κ3) is 7.60. The largest absolute Gasteiger partial charge is 0.481 e. The fourth-order valence-corrected chi connectivity index (χ4v) is 1.66. The van der Waals surface area contributed by atoms with Crippen LogP contribution in [0.2, 0.25) is 0 Å². The Bertz CT molecular complexity index is 367. The van der Waals surface area contributed by atoms with Crippen molar-refractivity contribution < 1.29 is 19.5 Å². The molecule has 0 aromatic rings. The van der Waals surface area contributed by atoms with Gasteiger partial charge in [-0.1, -0.05) is 0 Å². The summed E-state index contributed by atoms with van der Waals surface area (Å²) in [4.78, 5) is 35.7. The minimum absolute atomic E-state index is 0.00715. The summed E-state index contributed by atoms with van der Waals surface area (Å²) in [6, 6.07) is -0.439. The van der Waals surface area contributed by atoms with Crippen LogP contribution < -0.4 is 10.6 Å². The van der Waals surface area contributed by atoms with Crippen molar-refractivity contribution in [2.45, 2.75) is 52.6 Å². The van der Waals surface area contributed by atoms with E-state index in [4.69, 9.17) is 5.11 Å². The second-order valence-corrected chi connectivity index (χ2v) is 5.62. The van der Waals surface area contributed by atoms with Crippen LogP contribution in [-0.2, 0) is 9.59 Å². The molecule has 0 spiro atoms. The predicted molar refractivity (Wildman–Crippen MR) is 75.4 cm³/mol. The molecule has 7 heteroatoms. The molecule has 0 aliphatic heterocycles. The van der Waals surface area contributed by atoms with Crippen LogP contribution in [0.15, 0.2) is 0 Å². The molecule has 0 aromatic heterocycles. The van der Waals surface area contributed by atoms with Crippen molar-refractivity contribution in [1.29, 1.82) is 0 Å². The molecule has 0 bridgehead atoms. The zero-order valence-corrected chi connectivity index (χ0v) is 12.8. The number of urea groups is 1. The third-order valence-electron chi connectivity index (χ3n) is 2.49. The Morgan fingerprint density at radius 3 is 2.20 bits per heavy atom. The lowest BCUT2D eigenvalue weighted by atomic mass is 10.0. The molecule has 0 saturated carbocycles. The van der Waals surface area contributed by atoms with Crippen molar-refractivity contribution in [3.63, 3.8) is 0 Å². The normalized spacial score (nSPS) is 11.1. The number of hydrogen-bond donors (Lipinski definition) is 3. The van der Waals surface area contributed by atoms with Gasteiger partial charge in [0, 0.05) is 18.1 Å². The SMILES string of the molecule is CCN(CC(=O)NC(C)C)C(=O)NC(C)(C)CC(=O)O. The highest BCUT2D eigenvalue weighted by atomic mass is 16.4. The highest BCUT2D eigenvalue weighted by Gasteiger charge is 2.26. The van der Waals surface area contributed by atoms with Crippen molar-refractivity contribution in [2.24, 2.45) is 0 Å². The van der Waals surface area contributed by atoms with Gasteiger partial charge in [0.2, 0.25) is 5.91 Å². The monoisotopic (exact) mass is 287 g/mol. The lowest BCUT2D eigenvalue weighted by molar-refractivity contribution is -0.138. The number of aliphatic carboxylic acids is 1. The summed E-state index contributed by atoms with van der Waals surface area (Å²) >= 11 is 0. The van der Waals surface area contributed by atoms with Crippen molar-refractivity contribution >= 4 is 17.9 Å². The molecule has 3 amide bonds. The van der Waals surface area contributed by atoms with Crippen LogP contribution >= 0.6 is 0 Å². The van der Waals surface area contributed by atoms with E-state index in [1.807, 2.05) is 13.8 Å². The molecule has 0 saturated heterocycles. The van der Waals surface area contributed by atoms with E-state index in [2.05, 4.69) is 10.6 Å². The molecule has 0 rings (SSSR count). The fourth-order valence-electron chi connectivity index (χ4n) is 1.66. The summed E-state index contributed by atoms with van der Waals surface area (Å²) in [5.74, 6) is -1.23. The fraction of sp³-hybridized carbons (Fsp3) is 0.769. The first-order chi connectivity index (χ1) is 9.07. The summed E-state index contributed by atoms with van der Waals surface area (Å²) in [5.41, 5.74) is -0.870. The number of carbonyl (C=O) groups is 3. The van der Waals surface area contributed by atoms with Crippen molar-refractivity contribution in [1.82, 2.24) is 15.5 Å². The molecular formula is C13H25N3O4. The van der Waals surface area contributed by atoms with Crippen molar-refractivity contribution in [3.05, 3.63) is 0 Å². The van der Waals surface area contributed by atoms with Crippen LogP contribution in [0.5, 0.6) is 0 Å². The summed E-state index contributed by atoms with van der Waals surface area (Å²) < 4.78 is 0. The van der Waals surface area contributed by atoms with Gasteiger partial charge in [0.1, 0.15) is 6.54 Å². The van der Waals surface area contributed by atoms with Gasteiger partial charge >= 0.3 is 12.0 Å². The first-order valence-electron chi connectivity index (χ1n) is 6.65. The number of amides is 3. The Labute approximate surface area is 119 Å². The summed E-state index contributed by atoms with van der Waals surface area (Å²) in [7, 11) is 0. The molecule has 0 aliphatic rings. The van der Waals surface area contributed by atoms with E-state index in [0.717, 1.165) is 0 Å². The highest BCUT2D eigenvalue weighted by molar-refractivity contribution is 5.84. The van der Waals surface area contributed by atoms with Gasteiger partial charge in [-0.15, -0.1) is 0 Å². The number of carboxylic acid groups (broad SMARTS) is 1. The van der Waals surface area contributed by atoms with Crippen molar-refractivity contribution in [3.8, 4) is 0 Å². The van der Waals surface area contributed by atoms with E-state index < -0.39 is 17.5 Å². The summed E-state index contributed by atoms with van der Waals surface area (Å²) in [6.07, 6.45) is -0.186. The Hall–Kier alpha value is -1.79. The number of carbonyl (C=O) groups excluding carboxylic acids is 2. The number of likely N-dealkylation sites (N-methyl/N-ethyl adjacent to an activating group) is 1. The summed E-state index contributed by atoms with van der Waals surface area (Å²) in [5, 5.41) is 14.1. The smallest absolute Gasteiger partial charge is 0.318 e. The molecule has 0 atom stereocenters. The molecule has 20 heavy (non-hydrogen) atoms. The van der Waals surface area contributed by atoms with Crippen LogP contribution in [0.25, 0.3) is 0 Å². The quantitative estimate of drug-likeness (QED) is 0.645. The van der Waals surface area contributed by atoms with E-state index in [-0.39, 0.29) is 24.9 Å². The maximum Gasteiger partial charge on any atom is 0.318 e. The van der Waals surface area contributed by atoms with Gasteiger partial charge in [-0.3, -0.25) is 9.59 Å². The molecule has 3 N–H and O–H groups in total. The molecule has 0 unspecified atom stereocenters. The molecule has 0 radical (unpaired) electrons. The number of hydrogen-bond acceptors (Lipinski definition) is 3. The molecule has 0 fully saturated rings. The Balaban J connectivity index is 4.55. The Morgan fingerprint density at radius 2 is 1.80 bits per heavy atom. The van der Waals surface area contributed by atoms with Gasteiger partial charge in [0.15, 0.2) is 0 Å². The van der Waals surface area contributed by atoms with Crippen LogP contribution in [-0.4, -0.2) is 52.6 Å². The predicted octanol–water partition coefficient (Wildman–Crippen LogP) is 0.796. The van der Waals surface area contributed by atoms with E-state index >= 15 is 0 Å². The summed E-state index contributed by atoms with van der Waals surface area (Å²) in [6.45, 7) is 8.99. The third-order valence-corrected chi connectivity index (χ3v) is 2.49. The van der Waals surface area contributed by atoms with Gasteiger partial charge < -0.3 is 20.6 Å². The van der Waals surface area contributed by atoms with Gasteiger partial charge in [-0.25, -0.2) is 4.79 Å². The standard InChI is InChI=1S/C13H25N3O4/c1-6-16(8-10(17)14-9(2)3)12(20)15-13(4,5)7-11(18)19/h9H,6-8H2,1-5H3,(H,14,17)(H,15,20)(H,18,19). The number of rotatable bonds is 7. The number of carboxylic acids is 1. The molecular weight excluding hydrogens is 262 g/mol. The van der Waals surface area contributed by atoms with E-state index in [9.17, 15) is 14.4 Å². The van der Waals surface area contributed by atoms with Gasteiger partial charge in [-0.2, -0.15) is 0 Å². The second kappa shape index (κ2) is 7.72. The lowest BCUT2D eigenvalue weighted by Crippen LogP contribution is -2.53. The minimum atomic E-state index is -0.990. The van der Waals surface area contributed by atoms with E-state index in [1.165, 1.54) is 4.90 Å².